The number of aromatic amines is 1. The summed E-state index contributed by atoms with van der Waals surface area (Å²) in [6.07, 6.45) is -2.39. The number of aliphatic hydroxyl groups excluding tert-OH is 2. The summed E-state index contributed by atoms with van der Waals surface area (Å²) < 4.78 is 21.2. The molecule has 9 nitrogen and oxygen atoms in total. The third-order valence-corrected chi connectivity index (χ3v) is 3.69. The van der Waals surface area contributed by atoms with E-state index in [1.54, 1.807) is 0 Å². The van der Waals surface area contributed by atoms with E-state index in [0.717, 1.165) is 17.0 Å². The predicted molar refractivity (Wildman–Crippen MR) is 73.6 cm³/mol. The van der Waals surface area contributed by atoms with Crippen LogP contribution in [0.4, 0.5) is 10.3 Å². The molecule has 2 aromatic rings. The van der Waals surface area contributed by atoms with Gasteiger partial charge in [0.1, 0.15) is 18.5 Å². The third-order valence-electron chi connectivity index (χ3n) is 3.69. The monoisotopic (exact) mass is 311 g/mol. The molecule has 2 aromatic heterocycles. The van der Waals surface area contributed by atoms with E-state index in [2.05, 4.69) is 21.5 Å². The number of rotatable bonds is 3. The van der Waals surface area contributed by atoms with Crippen LogP contribution in [0.3, 0.4) is 0 Å². The molecule has 3 rings (SSSR count). The number of hydrogen-bond acceptors (Lipinski definition) is 7. The van der Waals surface area contributed by atoms with Gasteiger partial charge in [0, 0.05) is 0 Å². The average Bonchev–Trinajstić information content (AvgIpc) is 3.01. The normalized spacial score (nSPS) is 31.7. The molecule has 1 aliphatic rings. The Hall–Kier alpha value is -2.30. The first-order valence-corrected chi connectivity index (χ1v) is 6.42. The van der Waals surface area contributed by atoms with Crippen LogP contribution < -0.4 is 11.3 Å². The largest absolute Gasteiger partial charge is 0.394 e. The zero-order valence-electron chi connectivity index (χ0n) is 11.3. The Bertz CT molecular complexity index is 789. The summed E-state index contributed by atoms with van der Waals surface area (Å²) in [6, 6.07) is 0. The Morgan fingerprint density at radius 3 is 3.00 bits per heavy atom. The Labute approximate surface area is 122 Å². The maximum Gasteiger partial charge on any atom is 0.280 e. The number of H-pyrrole nitrogens is 1. The van der Waals surface area contributed by atoms with Gasteiger partial charge in [-0.05, 0) is 6.08 Å². The van der Waals surface area contributed by atoms with Crippen molar-refractivity contribution in [3.63, 3.8) is 0 Å². The van der Waals surface area contributed by atoms with Crippen molar-refractivity contribution >= 4 is 17.1 Å². The first-order valence-electron chi connectivity index (χ1n) is 6.42. The van der Waals surface area contributed by atoms with Crippen LogP contribution >= 0.6 is 0 Å². The lowest BCUT2D eigenvalue weighted by molar-refractivity contribution is -0.0970. The first kappa shape index (κ1) is 14.6. The number of anilines is 1. The number of aliphatic hydroxyl groups is 2. The van der Waals surface area contributed by atoms with Crippen LogP contribution in [0, 0.1) is 0 Å². The highest BCUT2D eigenvalue weighted by Crippen LogP contribution is 2.39. The van der Waals surface area contributed by atoms with E-state index < -0.39 is 36.3 Å². The third kappa shape index (κ3) is 1.78. The van der Waals surface area contributed by atoms with E-state index in [-0.39, 0.29) is 17.1 Å². The molecular weight excluding hydrogens is 297 g/mol. The Morgan fingerprint density at radius 2 is 2.41 bits per heavy atom. The number of nitrogen functional groups attached to an aromatic ring is 1. The molecule has 1 aliphatic heterocycles. The van der Waals surface area contributed by atoms with E-state index in [0.29, 0.717) is 0 Å². The molecule has 0 unspecified atom stereocenters. The van der Waals surface area contributed by atoms with Crippen LogP contribution in [-0.2, 0) is 10.5 Å². The quantitative estimate of drug-likeness (QED) is 0.513. The van der Waals surface area contributed by atoms with Crippen LogP contribution in [0.1, 0.15) is 0 Å². The number of hydrogen-bond donors (Lipinski definition) is 4. The van der Waals surface area contributed by atoms with Crippen molar-refractivity contribution in [3.05, 3.63) is 29.3 Å². The van der Waals surface area contributed by atoms with Crippen LogP contribution in [0.25, 0.3) is 11.2 Å². The summed E-state index contributed by atoms with van der Waals surface area (Å²) in [6.45, 7) is 2.94. The van der Waals surface area contributed by atoms with Gasteiger partial charge < -0.3 is 20.7 Å². The number of fused-ring (bicyclic) bond motifs is 1. The lowest BCUT2D eigenvalue weighted by atomic mass is 10.0. The van der Waals surface area contributed by atoms with Crippen LogP contribution in [-0.4, -0.2) is 54.7 Å². The van der Waals surface area contributed by atoms with Gasteiger partial charge in [-0.15, -0.1) is 0 Å². The van der Waals surface area contributed by atoms with Gasteiger partial charge in [-0.1, -0.05) is 6.58 Å². The maximum atomic E-state index is 14.6. The fraction of sp³-hybridized carbons (Fsp3) is 0.417. The van der Waals surface area contributed by atoms with Gasteiger partial charge in [-0.25, -0.2) is 9.37 Å². The second-order valence-corrected chi connectivity index (χ2v) is 4.93. The van der Waals surface area contributed by atoms with Crippen molar-refractivity contribution in [1.82, 2.24) is 19.5 Å². The molecule has 5 N–H and O–H groups in total. The molecule has 0 saturated carbocycles. The molecular formula is C12H14FN5O4. The van der Waals surface area contributed by atoms with Crippen LogP contribution in [0.2, 0.25) is 0 Å². The zero-order chi connectivity index (χ0) is 16.1. The van der Waals surface area contributed by atoms with Crippen molar-refractivity contribution in [2.75, 3.05) is 12.3 Å². The zero-order valence-corrected chi connectivity index (χ0v) is 11.3. The Balaban J connectivity index is 2.25. The van der Waals surface area contributed by atoms with E-state index in [1.165, 1.54) is 0 Å². The van der Waals surface area contributed by atoms with Crippen molar-refractivity contribution in [2.45, 2.75) is 24.1 Å². The lowest BCUT2D eigenvalue weighted by Crippen LogP contribution is -2.41. The van der Waals surface area contributed by atoms with Crippen LogP contribution in [0.5, 0.6) is 0 Å². The molecule has 3 heterocycles. The summed E-state index contributed by atoms with van der Waals surface area (Å²) in [5.41, 5.74) is 2.97. The van der Waals surface area contributed by atoms with Gasteiger partial charge in [0.25, 0.3) is 5.56 Å². The lowest BCUT2D eigenvalue weighted by Gasteiger charge is -2.29. The Kier molecular flexibility index (Phi) is 3.24. The average molecular weight is 311 g/mol. The summed E-state index contributed by atoms with van der Waals surface area (Å²) >= 11 is 0. The van der Waals surface area contributed by atoms with E-state index in [4.69, 9.17) is 10.5 Å². The van der Waals surface area contributed by atoms with E-state index in [9.17, 15) is 19.4 Å². The highest BCUT2D eigenvalue weighted by Gasteiger charge is 2.55. The second kappa shape index (κ2) is 4.87. The minimum absolute atomic E-state index is 0.0189. The number of nitrogens with one attached hydrogen (secondary N) is 1. The Morgan fingerprint density at radius 1 is 1.68 bits per heavy atom. The van der Waals surface area contributed by atoms with Crippen LogP contribution in [0.15, 0.2) is 23.8 Å². The highest BCUT2D eigenvalue weighted by atomic mass is 19.1. The SMILES string of the molecule is C=C[C@@]1(n2cnc3c(=O)[nH]c(N)nc32)O[C@H](CO)[C@@H](O)[C@H]1F. The van der Waals surface area contributed by atoms with Crippen molar-refractivity contribution < 1.29 is 19.3 Å². The second-order valence-electron chi connectivity index (χ2n) is 4.93. The number of alkyl halides is 1. The number of aromatic nitrogens is 4. The minimum atomic E-state index is -1.94. The number of nitrogens with zero attached hydrogens (tertiary/aromatic N) is 3. The maximum absolute atomic E-state index is 14.6. The topological polar surface area (TPSA) is 139 Å². The molecule has 0 aromatic carbocycles. The molecule has 10 heteroatoms. The molecule has 0 aliphatic carbocycles. The van der Waals surface area contributed by atoms with Gasteiger partial charge >= 0.3 is 0 Å². The summed E-state index contributed by atoms with van der Waals surface area (Å²) in [4.78, 5) is 21.9. The molecule has 4 atom stereocenters. The standard InChI is InChI=1S/C12H14FN5O4/c1-2-12(8(13)7(20)5(3-19)22-12)18-4-15-6-9(18)16-11(14)17-10(6)21/h2,4-5,7-8,19-20H,1,3H2,(H3,14,16,17,21)/t5-,7-,8-,12-/m1/s1. The number of nitrogens with two attached hydrogens (primary N) is 1. The molecule has 0 bridgehead atoms. The van der Waals surface area contributed by atoms with E-state index in [1.807, 2.05) is 0 Å². The number of halogens is 1. The van der Waals surface area contributed by atoms with Crippen molar-refractivity contribution in [3.8, 4) is 0 Å². The van der Waals surface area contributed by atoms with Gasteiger partial charge in [0.15, 0.2) is 17.3 Å². The highest BCUT2D eigenvalue weighted by molar-refractivity contribution is 5.71. The van der Waals surface area contributed by atoms with Gasteiger partial charge in [-0.3, -0.25) is 14.3 Å². The summed E-state index contributed by atoms with van der Waals surface area (Å²) in [5.74, 6) is -0.175. The predicted octanol–water partition coefficient (Wildman–Crippen LogP) is -1.37. The fourth-order valence-corrected chi connectivity index (χ4v) is 2.59. The number of ether oxygens (including phenoxy) is 1. The van der Waals surface area contributed by atoms with E-state index >= 15 is 0 Å². The van der Waals surface area contributed by atoms with Gasteiger partial charge in [0.05, 0.1) is 6.61 Å². The summed E-state index contributed by atoms with van der Waals surface area (Å²) in [7, 11) is 0. The molecule has 118 valence electrons. The molecule has 1 fully saturated rings. The number of imidazole rings is 1. The smallest absolute Gasteiger partial charge is 0.280 e. The van der Waals surface area contributed by atoms with Crippen molar-refractivity contribution in [1.29, 1.82) is 0 Å². The molecule has 0 amide bonds. The van der Waals surface area contributed by atoms with Crippen molar-refractivity contribution in [2.24, 2.45) is 0 Å². The molecule has 1 saturated heterocycles. The minimum Gasteiger partial charge on any atom is -0.394 e. The van der Waals surface area contributed by atoms with Gasteiger partial charge in [0.2, 0.25) is 11.7 Å². The summed E-state index contributed by atoms with van der Waals surface area (Å²) in [5, 5.41) is 19.0. The van der Waals surface area contributed by atoms with Gasteiger partial charge in [-0.2, -0.15) is 4.98 Å². The first-order chi connectivity index (χ1) is 10.4. The molecule has 0 radical (unpaired) electrons. The molecule has 0 spiro atoms. The molecule has 22 heavy (non-hydrogen) atoms. The fourth-order valence-electron chi connectivity index (χ4n) is 2.59.